The molecule has 1 saturated carbocycles. The lowest BCUT2D eigenvalue weighted by atomic mass is 10.1. The normalized spacial score (nSPS) is 29.0. The van der Waals surface area contributed by atoms with Gasteiger partial charge in [-0.2, -0.15) is 0 Å². The Morgan fingerprint density at radius 2 is 1.30 bits per heavy atom. The van der Waals surface area contributed by atoms with Crippen molar-refractivity contribution >= 4 is 5.78 Å². The van der Waals surface area contributed by atoms with Crippen LogP contribution in [0.15, 0.2) is 0 Å². The second-order valence-corrected chi connectivity index (χ2v) is 2.53. The second kappa shape index (κ2) is 1.76. The molecule has 58 valence electrons. The van der Waals surface area contributed by atoms with Crippen LogP contribution in [0.5, 0.6) is 0 Å². The smallest absolute Gasteiger partial charge is 0.225 e. The largest absolute Gasteiger partial charge is 0.361 e. The Morgan fingerprint density at radius 3 is 1.40 bits per heavy atom. The van der Waals surface area contributed by atoms with E-state index in [2.05, 4.69) is 0 Å². The molecule has 1 aliphatic rings. The molecule has 5 nitrogen and oxygen atoms in total. The molecule has 1 aliphatic carbocycles. The van der Waals surface area contributed by atoms with Crippen LogP contribution in [0.25, 0.3) is 0 Å². The van der Waals surface area contributed by atoms with E-state index in [1.54, 1.807) is 0 Å². The zero-order chi connectivity index (χ0) is 7.99. The zero-order valence-electron chi connectivity index (χ0n) is 5.11. The van der Waals surface area contributed by atoms with Crippen molar-refractivity contribution in [2.24, 2.45) is 0 Å². The van der Waals surface area contributed by atoms with Crippen LogP contribution in [0, 0.1) is 0 Å². The minimum Gasteiger partial charge on any atom is -0.361 e. The minimum absolute atomic E-state index is 0.574. The molecule has 0 aliphatic heterocycles. The van der Waals surface area contributed by atoms with Gasteiger partial charge in [0.05, 0.1) is 12.8 Å². The fraction of sp³-hybridized carbons (Fsp3) is 0.800. The van der Waals surface area contributed by atoms with Crippen LogP contribution in [-0.4, -0.2) is 37.8 Å². The summed E-state index contributed by atoms with van der Waals surface area (Å²) in [5, 5.41) is 34.9. The van der Waals surface area contributed by atoms with Crippen LogP contribution in [0.4, 0.5) is 0 Å². The lowest BCUT2D eigenvalue weighted by Crippen LogP contribution is -2.49. The van der Waals surface area contributed by atoms with Crippen molar-refractivity contribution in [2.75, 3.05) is 0 Å². The molecule has 10 heavy (non-hydrogen) atoms. The number of Topliss-reactive ketones (excluding diaryl/α,β-unsaturated/α-hetero) is 1. The lowest BCUT2D eigenvalue weighted by molar-refractivity contribution is -0.339. The molecule has 0 aromatic heterocycles. The average Bonchev–Trinajstić information content (AvgIpc) is 1.73. The van der Waals surface area contributed by atoms with Crippen LogP contribution in [0.1, 0.15) is 12.8 Å². The Kier molecular flexibility index (Phi) is 1.34. The van der Waals surface area contributed by atoms with Gasteiger partial charge in [0.15, 0.2) is 0 Å². The molecule has 0 bridgehead atoms. The monoisotopic (exact) mass is 148 g/mol. The second-order valence-electron chi connectivity index (χ2n) is 2.53. The third-order valence-corrected chi connectivity index (χ3v) is 1.53. The van der Waals surface area contributed by atoms with Gasteiger partial charge in [-0.05, 0) is 0 Å². The van der Waals surface area contributed by atoms with E-state index in [-0.39, 0.29) is 0 Å². The quantitative estimate of drug-likeness (QED) is 0.290. The third-order valence-electron chi connectivity index (χ3n) is 1.53. The van der Waals surface area contributed by atoms with Gasteiger partial charge in [-0.1, -0.05) is 0 Å². The molecule has 0 atom stereocenters. The first-order valence-corrected chi connectivity index (χ1v) is 2.76. The van der Waals surface area contributed by atoms with Crippen LogP contribution in [0.2, 0.25) is 0 Å². The number of hydrogen-bond acceptors (Lipinski definition) is 5. The maximum atomic E-state index is 10.4. The first-order valence-electron chi connectivity index (χ1n) is 2.76. The maximum Gasteiger partial charge on any atom is 0.225 e. The summed E-state index contributed by atoms with van der Waals surface area (Å²) < 4.78 is 0. The van der Waals surface area contributed by atoms with Gasteiger partial charge in [0.25, 0.3) is 0 Å². The highest BCUT2D eigenvalue weighted by molar-refractivity contribution is 5.83. The van der Waals surface area contributed by atoms with Crippen molar-refractivity contribution in [3.05, 3.63) is 0 Å². The Hall–Kier alpha value is -0.490. The summed E-state index contributed by atoms with van der Waals surface area (Å²) in [5.74, 6) is -5.93. The van der Waals surface area contributed by atoms with E-state index in [1.165, 1.54) is 0 Å². The van der Waals surface area contributed by atoms with Crippen molar-refractivity contribution < 1.29 is 25.2 Å². The molecule has 4 N–H and O–H groups in total. The summed E-state index contributed by atoms with van der Waals surface area (Å²) >= 11 is 0. The van der Waals surface area contributed by atoms with Gasteiger partial charge in [0.2, 0.25) is 11.6 Å². The highest BCUT2D eigenvalue weighted by Gasteiger charge is 2.55. The summed E-state index contributed by atoms with van der Waals surface area (Å²) in [6, 6.07) is 0. The van der Waals surface area contributed by atoms with Crippen LogP contribution in [0.3, 0.4) is 0 Å². The molecule has 0 saturated heterocycles. The topological polar surface area (TPSA) is 98.0 Å². The molecule has 0 aromatic carbocycles. The summed E-state index contributed by atoms with van der Waals surface area (Å²) in [7, 11) is 0. The summed E-state index contributed by atoms with van der Waals surface area (Å²) in [5.41, 5.74) is 0. The van der Waals surface area contributed by atoms with E-state index >= 15 is 0 Å². The minimum atomic E-state index is -2.68. The molecule has 1 rings (SSSR count). The zero-order valence-corrected chi connectivity index (χ0v) is 5.11. The summed E-state index contributed by atoms with van der Waals surface area (Å²) in [6.45, 7) is 0. The van der Waals surface area contributed by atoms with Crippen molar-refractivity contribution in [1.29, 1.82) is 0 Å². The predicted molar refractivity (Wildman–Crippen MR) is 28.6 cm³/mol. The number of ketones is 1. The Balaban J connectivity index is 2.88. The fourth-order valence-corrected chi connectivity index (χ4v) is 0.895. The van der Waals surface area contributed by atoms with Crippen LogP contribution >= 0.6 is 0 Å². The molecule has 1 fully saturated rings. The van der Waals surface area contributed by atoms with Crippen molar-refractivity contribution in [1.82, 2.24) is 0 Å². The van der Waals surface area contributed by atoms with E-state index in [1.807, 2.05) is 0 Å². The number of carbonyl (C=O) groups is 1. The maximum absolute atomic E-state index is 10.4. The van der Waals surface area contributed by atoms with E-state index < -0.39 is 30.2 Å². The van der Waals surface area contributed by atoms with Gasteiger partial charge in [0.1, 0.15) is 5.78 Å². The predicted octanol–water partition coefficient (Wildman–Crippen LogP) is -2.29. The Morgan fingerprint density at radius 1 is 1.00 bits per heavy atom. The molecule has 5 heteroatoms. The highest BCUT2D eigenvalue weighted by Crippen LogP contribution is 2.32. The SMILES string of the molecule is O=C1CC(O)(O)C(O)(O)C1. The van der Waals surface area contributed by atoms with Gasteiger partial charge < -0.3 is 20.4 Å². The number of aliphatic hydroxyl groups is 4. The van der Waals surface area contributed by atoms with Crippen molar-refractivity contribution in [3.63, 3.8) is 0 Å². The molecular weight excluding hydrogens is 140 g/mol. The van der Waals surface area contributed by atoms with Gasteiger partial charge >= 0.3 is 0 Å². The molecule has 0 spiro atoms. The molecule has 0 heterocycles. The lowest BCUT2D eigenvalue weighted by Gasteiger charge is -2.26. The fourth-order valence-electron chi connectivity index (χ4n) is 0.895. The van der Waals surface area contributed by atoms with Gasteiger partial charge in [0, 0.05) is 0 Å². The molecular formula is C5H8O5. The first kappa shape index (κ1) is 7.62. The van der Waals surface area contributed by atoms with E-state index in [0.29, 0.717) is 0 Å². The molecule has 0 unspecified atom stereocenters. The van der Waals surface area contributed by atoms with E-state index in [4.69, 9.17) is 20.4 Å². The Bertz CT molecular complexity index is 153. The van der Waals surface area contributed by atoms with E-state index in [0.717, 1.165) is 0 Å². The van der Waals surface area contributed by atoms with E-state index in [9.17, 15) is 4.79 Å². The number of carbonyl (C=O) groups excluding carboxylic acids is 1. The molecule has 0 amide bonds. The van der Waals surface area contributed by atoms with Gasteiger partial charge in [-0.3, -0.25) is 4.79 Å². The van der Waals surface area contributed by atoms with Crippen molar-refractivity contribution in [3.8, 4) is 0 Å². The first-order chi connectivity index (χ1) is 4.35. The van der Waals surface area contributed by atoms with Crippen LogP contribution in [-0.2, 0) is 4.79 Å². The summed E-state index contributed by atoms with van der Waals surface area (Å²) in [4.78, 5) is 10.4. The molecule has 0 aromatic rings. The van der Waals surface area contributed by atoms with Gasteiger partial charge in [-0.15, -0.1) is 0 Å². The third kappa shape index (κ3) is 0.929. The summed E-state index contributed by atoms with van der Waals surface area (Å²) in [6.07, 6.45) is -1.25. The highest BCUT2D eigenvalue weighted by atomic mass is 16.6. The average molecular weight is 148 g/mol. The molecule has 0 radical (unpaired) electrons. The van der Waals surface area contributed by atoms with Crippen LogP contribution < -0.4 is 0 Å². The number of hydrogen-bond donors (Lipinski definition) is 4. The Labute approximate surface area is 56.5 Å². The van der Waals surface area contributed by atoms with Crippen molar-refractivity contribution in [2.45, 2.75) is 24.4 Å². The standard InChI is InChI=1S/C5H8O5/c6-3-1-4(7,8)5(9,10)2-3/h7-10H,1-2H2. The van der Waals surface area contributed by atoms with Gasteiger partial charge in [-0.25, -0.2) is 0 Å². The number of rotatable bonds is 0.